The Balaban J connectivity index is 1.53. The lowest BCUT2D eigenvalue weighted by Gasteiger charge is -2.18. The minimum Gasteiger partial charge on any atom is -0.308 e. The van der Waals surface area contributed by atoms with Gasteiger partial charge in [0.1, 0.15) is 0 Å². The molecule has 4 rings (SSSR count). The number of benzene rings is 2. The number of thiazole rings is 1. The van der Waals surface area contributed by atoms with E-state index in [0.717, 1.165) is 27.7 Å². The van der Waals surface area contributed by atoms with Crippen molar-refractivity contribution in [3.8, 4) is 0 Å². The Bertz CT molecular complexity index is 959. The number of carbonyl (C=O) groups excluding carboxylic acids is 1. The number of nitrogens with one attached hydrogen (secondary N) is 1. The number of hydrogen-bond acceptors (Lipinski definition) is 5. The summed E-state index contributed by atoms with van der Waals surface area (Å²) in [6, 6.07) is 11.7. The maximum Gasteiger partial charge on any atom is 0.259 e. The summed E-state index contributed by atoms with van der Waals surface area (Å²) in [4.78, 5) is 20.0. The van der Waals surface area contributed by atoms with Crippen LogP contribution in [0.5, 0.6) is 0 Å². The highest BCUT2D eigenvalue weighted by Crippen LogP contribution is 2.34. The molecule has 1 N–H and O–H groups in total. The number of hydrogen-bond donors (Lipinski definition) is 1. The molecule has 1 aliphatic rings. The first-order valence-electron chi connectivity index (χ1n) is 8.15. The number of aromatic nitrogens is 1. The minimum absolute atomic E-state index is 0.0462. The van der Waals surface area contributed by atoms with E-state index in [1.54, 1.807) is 23.6 Å². The van der Waals surface area contributed by atoms with E-state index in [1.165, 1.54) is 17.5 Å². The van der Waals surface area contributed by atoms with Crippen LogP contribution < -0.4 is 9.62 Å². The second-order valence-electron chi connectivity index (χ2n) is 6.02. The van der Waals surface area contributed by atoms with Gasteiger partial charge in [0.15, 0.2) is 5.13 Å². The van der Waals surface area contributed by atoms with Gasteiger partial charge in [-0.05, 0) is 66.8 Å². The van der Waals surface area contributed by atoms with Crippen molar-refractivity contribution in [3.05, 3.63) is 69.7 Å². The normalized spacial score (nSPS) is 12.9. The van der Waals surface area contributed by atoms with E-state index in [9.17, 15) is 4.79 Å². The van der Waals surface area contributed by atoms with E-state index in [0.29, 0.717) is 17.1 Å². The lowest BCUT2D eigenvalue weighted by atomic mass is 10.1. The summed E-state index contributed by atoms with van der Waals surface area (Å²) in [5.41, 5.74) is 3.73. The molecule has 0 bridgehead atoms. The molecule has 0 saturated heterocycles. The molecular formula is C19H16ClN3OS2. The molecule has 2 heterocycles. The van der Waals surface area contributed by atoms with Crippen LogP contribution in [-0.2, 0) is 6.42 Å². The highest BCUT2D eigenvalue weighted by molar-refractivity contribution is 8.00. The van der Waals surface area contributed by atoms with Gasteiger partial charge in [-0.2, -0.15) is 0 Å². The first kappa shape index (κ1) is 17.4. The van der Waals surface area contributed by atoms with Crippen LogP contribution in [0.3, 0.4) is 0 Å². The molecule has 1 amide bonds. The van der Waals surface area contributed by atoms with Gasteiger partial charge in [0, 0.05) is 28.7 Å². The van der Waals surface area contributed by atoms with E-state index >= 15 is 0 Å². The third kappa shape index (κ3) is 3.45. The molecule has 7 heteroatoms. The standard InChI is InChI=1S/C19H16ClN3OS2/c1-12-2-4-15(16(20)10-12)18(24)23-8-6-13-11-14(3-5-17(13)23)26-22-19-21-7-9-25-19/h2-5,7,9-11H,6,8H2,1H3,(H,21,22). The van der Waals surface area contributed by atoms with Crippen LogP contribution in [0, 0.1) is 6.92 Å². The molecule has 0 fully saturated rings. The molecule has 0 radical (unpaired) electrons. The number of carbonyl (C=O) groups is 1. The molecule has 1 aliphatic heterocycles. The van der Waals surface area contributed by atoms with Crippen LogP contribution in [0.2, 0.25) is 5.02 Å². The summed E-state index contributed by atoms with van der Waals surface area (Å²) in [6.45, 7) is 2.64. The second kappa shape index (κ2) is 7.31. The number of halogens is 1. The van der Waals surface area contributed by atoms with Crippen LogP contribution in [0.4, 0.5) is 10.8 Å². The Labute approximate surface area is 165 Å². The second-order valence-corrected chi connectivity index (χ2v) is 8.20. The average molecular weight is 402 g/mol. The molecule has 2 aromatic carbocycles. The predicted molar refractivity (Wildman–Crippen MR) is 110 cm³/mol. The quantitative estimate of drug-likeness (QED) is 0.592. The Kier molecular flexibility index (Phi) is 4.89. The monoisotopic (exact) mass is 401 g/mol. The summed E-state index contributed by atoms with van der Waals surface area (Å²) in [5, 5.41) is 3.32. The Hall–Kier alpha value is -2.02. The molecule has 132 valence electrons. The van der Waals surface area contributed by atoms with E-state index in [4.69, 9.17) is 11.6 Å². The van der Waals surface area contributed by atoms with Gasteiger partial charge >= 0.3 is 0 Å². The Morgan fingerprint density at radius 3 is 2.96 bits per heavy atom. The number of nitrogens with zero attached hydrogens (tertiary/aromatic N) is 2. The SMILES string of the molecule is Cc1ccc(C(=O)N2CCc3cc(SNc4nccs4)ccc32)c(Cl)c1. The number of rotatable bonds is 4. The smallest absolute Gasteiger partial charge is 0.259 e. The van der Waals surface area contributed by atoms with Gasteiger partial charge in [-0.1, -0.05) is 17.7 Å². The molecule has 0 saturated carbocycles. The van der Waals surface area contributed by atoms with E-state index in [1.807, 2.05) is 41.5 Å². The van der Waals surface area contributed by atoms with E-state index in [2.05, 4.69) is 15.8 Å². The zero-order valence-electron chi connectivity index (χ0n) is 14.0. The fraction of sp³-hybridized carbons (Fsp3) is 0.158. The van der Waals surface area contributed by atoms with Crippen molar-refractivity contribution in [2.75, 3.05) is 16.2 Å². The summed E-state index contributed by atoms with van der Waals surface area (Å²) >= 11 is 9.37. The number of aryl methyl sites for hydroxylation is 1. The van der Waals surface area contributed by atoms with Crippen LogP contribution in [0.15, 0.2) is 52.9 Å². The average Bonchev–Trinajstić information content (AvgIpc) is 3.28. The number of fused-ring (bicyclic) bond motifs is 1. The molecule has 26 heavy (non-hydrogen) atoms. The highest BCUT2D eigenvalue weighted by Gasteiger charge is 2.27. The Morgan fingerprint density at radius 1 is 1.31 bits per heavy atom. The van der Waals surface area contributed by atoms with Gasteiger partial charge in [-0.25, -0.2) is 4.98 Å². The molecule has 3 aromatic rings. The lowest BCUT2D eigenvalue weighted by Crippen LogP contribution is -2.29. The molecule has 4 nitrogen and oxygen atoms in total. The summed E-state index contributed by atoms with van der Waals surface area (Å²) < 4.78 is 3.23. The summed E-state index contributed by atoms with van der Waals surface area (Å²) in [5.74, 6) is -0.0462. The lowest BCUT2D eigenvalue weighted by molar-refractivity contribution is 0.0989. The maximum absolute atomic E-state index is 12.9. The van der Waals surface area contributed by atoms with Gasteiger partial charge < -0.3 is 9.62 Å². The molecule has 0 spiro atoms. The van der Waals surface area contributed by atoms with Crippen molar-refractivity contribution in [3.63, 3.8) is 0 Å². The van der Waals surface area contributed by atoms with Crippen molar-refractivity contribution >= 4 is 51.6 Å². The van der Waals surface area contributed by atoms with Crippen molar-refractivity contribution in [2.24, 2.45) is 0 Å². The molecule has 0 aliphatic carbocycles. The third-order valence-electron chi connectivity index (χ3n) is 4.24. The van der Waals surface area contributed by atoms with Gasteiger partial charge in [0.05, 0.1) is 10.6 Å². The first-order valence-corrected chi connectivity index (χ1v) is 10.2. The molecule has 0 atom stereocenters. The van der Waals surface area contributed by atoms with E-state index in [-0.39, 0.29) is 5.91 Å². The summed E-state index contributed by atoms with van der Waals surface area (Å²) in [6.07, 6.45) is 2.62. The molecular weight excluding hydrogens is 386 g/mol. The van der Waals surface area contributed by atoms with Gasteiger partial charge in [-0.15, -0.1) is 11.3 Å². The van der Waals surface area contributed by atoms with Crippen molar-refractivity contribution in [2.45, 2.75) is 18.2 Å². The number of anilines is 2. The van der Waals surface area contributed by atoms with Crippen molar-refractivity contribution in [1.82, 2.24) is 4.98 Å². The fourth-order valence-corrected chi connectivity index (χ4v) is 4.57. The maximum atomic E-state index is 12.9. The van der Waals surface area contributed by atoms with Gasteiger partial charge in [-0.3, -0.25) is 4.79 Å². The van der Waals surface area contributed by atoms with Gasteiger partial charge in [0.2, 0.25) is 0 Å². The minimum atomic E-state index is -0.0462. The third-order valence-corrected chi connectivity index (χ3v) is 6.15. The zero-order chi connectivity index (χ0) is 18.1. The van der Waals surface area contributed by atoms with Crippen LogP contribution >= 0.6 is 34.9 Å². The zero-order valence-corrected chi connectivity index (χ0v) is 16.4. The number of amides is 1. The van der Waals surface area contributed by atoms with Crippen LogP contribution in [0.25, 0.3) is 0 Å². The van der Waals surface area contributed by atoms with Crippen LogP contribution in [-0.4, -0.2) is 17.4 Å². The van der Waals surface area contributed by atoms with Gasteiger partial charge in [0.25, 0.3) is 5.91 Å². The topological polar surface area (TPSA) is 45.2 Å². The molecule has 1 aromatic heterocycles. The fourth-order valence-electron chi connectivity index (χ4n) is 2.97. The molecule has 0 unspecified atom stereocenters. The van der Waals surface area contributed by atoms with E-state index < -0.39 is 0 Å². The van der Waals surface area contributed by atoms with Crippen LogP contribution in [0.1, 0.15) is 21.5 Å². The van der Waals surface area contributed by atoms with Crippen molar-refractivity contribution < 1.29 is 4.79 Å². The first-order chi connectivity index (χ1) is 12.6. The summed E-state index contributed by atoms with van der Waals surface area (Å²) in [7, 11) is 0. The predicted octanol–water partition coefficient (Wildman–Crippen LogP) is 5.43. The largest absolute Gasteiger partial charge is 0.308 e. The Morgan fingerprint density at radius 2 is 2.19 bits per heavy atom. The highest BCUT2D eigenvalue weighted by atomic mass is 35.5. The van der Waals surface area contributed by atoms with Crippen molar-refractivity contribution in [1.29, 1.82) is 0 Å².